The van der Waals surface area contributed by atoms with Crippen LogP contribution in [0.15, 0.2) is 0 Å². The summed E-state index contributed by atoms with van der Waals surface area (Å²) < 4.78 is 24.5. The van der Waals surface area contributed by atoms with E-state index in [4.69, 9.17) is 10.4 Å². The van der Waals surface area contributed by atoms with Crippen molar-refractivity contribution in [1.29, 1.82) is 5.26 Å². The van der Waals surface area contributed by atoms with E-state index in [-0.39, 0.29) is 13.2 Å². The van der Waals surface area contributed by atoms with Crippen molar-refractivity contribution in [2.24, 2.45) is 0 Å². The number of hydrogen-bond acceptors (Lipinski definition) is 4. The molecule has 0 amide bonds. The van der Waals surface area contributed by atoms with Gasteiger partial charge in [-0.05, 0) is 13.3 Å². The van der Waals surface area contributed by atoms with Gasteiger partial charge in [-0.3, -0.25) is 0 Å². The second-order valence-electron chi connectivity index (χ2n) is 2.89. The van der Waals surface area contributed by atoms with Gasteiger partial charge in [-0.2, -0.15) is 5.26 Å². The zero-order chi connectivity index (χ0) is 11.2. The summed E-state index contributed by atoms with van der Waals surface area (Å²) in [6.07, 6.45) is 0.394. The molecular weight excluding hydrogens is 204 g/mol. The van der Waals surface area contributed by atoms with Crippen molar-refractivity contribution in [3.8, 4) is 6.07 Å². The van der Waals surface area contributed by atoms with Gasteiger partial charge in [-0.1, -0.05) is 6.92 Å². The standard InChI is InChI=1S/C8H16N2O3S/c1-3-10(5-4-6-11)14(12,13)8(2)7-9/h8,11H,3-6H2,1-2H3. The summed E-state index contributed by atoms with van der Waals surface area (Å²) in [7, 11) is -3.51. The van der Waals surface area contributed by atoms with Gasteiger partial charge >= 0.3 is 0 Å². The third kappa shape index (κ3) is 3.25. The van der Waals surface area contributed by atoms with Crippen molar-refractivity contribution in [2.75, 3.05) is 19.7 Å². The van der Waals surface area contributed by atoms with Gasteiger partial charge in [-0.25, -0.2) is 12.7 Å². The van der Waals surface area contributed by atoms with Gasteiger partial charge in [-0.15, -0.1) is 0 Å². The normalized spacial score (nSPS) is 13.9. The van der Waals surface area contributed by atoms with Crippen LogP contribution in [-0.2, 0) is 10.0 Å². The maximum Gasteiger partial charge on any atom is 0.230 e. The average molecular weight is 220 g/mol. The molecule has 0 radical (unpaired) electrons. The van der Waals surface area contributed by atoms with Crippen LogP contribution < -0.4 is 0 Å². The summed E-state index contributed by atoms with van der Waals surface area (Å²) in [6.45, 7) is 3.61. The number of aliphatic hydroxyl groups is 1. The summed E-state index contributed by atoms with van der Waals surface area (Å²) in [4.78, 5) is 0. The Bertz CT molecular complexity index is 294. The molecule has 0 rings (SSSR count). The Hall–Kier alpha value is -0.640. The first-order valence-corrected chi connectivity index (χ1v) is 6.00. The largest absolute Gasteiger partial charge is 0.396 e. The fourth-order valence-corrected chi connectivity index (χ4v) is 2.33. The van der Waals surface area contributed by atoms with E-state index in [0.29, 0.717) is 13.0 Å². The molecule has 0 aromatic heterocycles. The highest BCUT2D eigenvalue weighted by atomic mass is 32.2. The molecule has 14 heavy (non-hydrogen) atoms. The summed E-state index contributed by atoms with van der Waals surface area (Å²) >= 11 is 0. The molecule has 1 N–H and O–H groups in total. The molecule has 0 spiro atoms. The predicted molar refractivity (Wildman–Crippen MR) is 52.9 cm³/mol. The first kappa shape index (κ1) is 13.4. The van der Waals surface area contributed by atoms with Crippen molar-refractivity contribution < 1.29 is 13.5 Å². The Kier molecular flexibility index (Phi) is 5.69. The van der Waals surface area contributed by atoms with Gasteiger partial charge in [0.15, 0.2) is 5.25 Å². The van der Waals surface area contributed by atoms with E-state index in [1.54, 1.807) is 13.0 Å². The molecule has 82 valence electrons. The van der Waals surface area contributed by atoms with E-state index < -0.39 is 15.3 Å². The molecule has 0 aromatic rings. The van der Waals surface area contributed by atoms with Crippen molar-refractivity contribution in [2.45, 2.75) is 25.5 Å². The van der Waals surface area contributed by atoms with Gasteiger partial charge < -0.3 is 5.11 Å². The lowest BCUT2D eigenvalue weighted by Crippen LogP contribution is -2.37. The maximum absolute atomic E-state index is 11.6. The van der Waals surface area contributed by atoms with Crippen molar-refractivity contribution in [1.82, 2.24) is 4.31 Å². The van der Waals surface area contributed by atoms with E-state index in [0.717, 1.165) is 0 Å². The van der Waals surface area contributed by atoms with Gasteiger partial charge in [0.2, 0.25) is 10.0 Å². The number of aliphatic hydroxyl groups excluding tert-OH is 1. The third-order valence-corrected chi connectivity index (χ3v) is 4.07. The lowest BCUT2D eigenvalue weighted by molar-refractivity contribution is 0.271. The number of rotatable bonds is 6. The minimum Gasteiger partial charge on any atom is -0.396 e. The molecular formula is C8H16N2O3S. The van der Waals surface area contributed by atoms with Crippen LogP contribution in [0.4, 0.5) is 0 Å². The molecule has 0 saturated carbocycles. The van der Waals surface area contributed by atoms with Gasteiger partial charge in [0.1, 0.15) is 0 Å². The van der Waals surface area contributed by atoms with Crippen molar-refractivity contribution in [3.05, 3.63) is 0 Å². The summed E-state index contributed by atoms with van der Waals surface area (Å²) in [5, 5.41) is 16.1. The first-order chi connectivity index (χ1) is 6.50. The Morgan fingerprint density at radius 3 is 2.50 bits per heavy atom. The Morgan fingerprint density at radius 1 is 1.57 bits per heavy atom. The second kappa shape index (κ2) is 5.96. The second-order valence-corrected chi connectivity index (χ2v) is 5.14. The van der Waals surface area contributed by atoms with E-state index >= 15 is 0 Å². The molecule has 0 aliphatic rings. The molecule has 6 heteroatoms. The van der Waals surface area contributed by atoms with E-state index in [9.17, 15) is 8.42 Å². The van der Waals surface area contributed by atoms with Crippen LogP contribution in [0.3, 0.4) is 0 Å². The van der Waals surface area contributed by atoms with Crippen LogP contribution in [0, 0.1) is 11.3 Å². The van der Waals surface area contributed by atoms with Gasteiger partial charge in [0.25, 0.3) is 0 Å². The highest BCUT2D eigenvalue weighted by Crippen LogP contribution is 2.08. The maximum atomic E-state index is 11.6. The molecule has 1 atom stereocenters. The Balaban J connectivity index is 4.60. The quantitative estimate of drug-likeness (QED) is 0.679. The SMILES string of the molecule is CCN(CCCO)S(=O)(=O)C(C)C#N. The van der Waals surface area contributed by atoms with Crippen LogP contribution >= 0.6 is 0 Å². The van der Waals surface area contributed by atoms with Gasteiger partial charge in [0.05, 0.1) is 6.07 Å². The zero-order valence-electron chi connectivity index (χ0n) is 8.47. The molecule has 5 nitrogen and oxygen atoms in total. The highest BCUT2D eigenvalue weighted by molar-refractivity contribution is 7.89. The molecule has 0 heterocycles. The van der Waals surface area contributed by atoms with Gasteiger partial charge in [0, 0.05) is 19.7 Å². The van der Waals surface area contributed by atoms with Crippen LogP contribution in [0.5, 0.6) is 0 Å². The number of nitriles is 1. The molecule has 1 unspecified atom stereocenters. The summed E-state index contributed by atoms with van der Waals surface area (Å²) in [5.41, 5.74) is 0. The predicted octanol–water partition coefficient (Wildman–Crippen LogP) is -0.0674. The summed E-state index contributed by atoms with van der Waals surface area (Å²) in [6, 6.07) is 1.70. The number of nitrogens with zero attached hydrogens (tertiary/aromatic N) is 2. The average Bonchev–Trinajstić information content (AvgIpc) is 2.17. The van der Waals surface area contributed by atoms with E-state index in [1.807, 2.05) is 0 Å². The van der Waals surface area contributed by atoms with Crippen molar-refractivity contribution in [3.63, 3.8) is 0 Å². The summed E-state index contributed by atoms with van der Waals surface area (Å²) in [5.74, 6) is 0. The Morgan fingerprint density at radius 2 is 2.14 bits per heavy atom. The number of sulfonamides is 1. The number of hydrogen-bond donors (Lipinski definition) is 1. The molecule has 0 saturated heterocycles. The molecule has 0 aliphatic heterocycles. The molecule has 0 bridgehead atoms. The van der Waals surface area contributed by atoms with Crippen LogP contribution in [-0.4, -0.2) is 42.8 Å². The molecule has 0 aromatic carbocycles. The minimum absolute atomic E-state index is 0.0487. The lowest BCUT2D eigenvalue weighted by Gasteiger charge is -2.20. The van der Waals surface area contributed by atoms with Crippen LogP contribution in [0.1, 0.15) is 20.3 Å². The zero-order valence-corrected chi connectivity index (χ0v) is 9.29. The highest BCUT2D eigenvalue weighted by Gasteiger charge is 2.26. The van der Waals surface area contributed by atoms with Crippen LogP contribution in [0.25, 0.3) is 0 Å². The Labute approximate surface area is 85.0 Å². The minimum atomic E-state index is -3.51. The molecule has 0 aliphatic carbocycles. The monoisotopic (exact) mass is 220 g/mol. The van der Waals surface area contributed by atoms with Crippen molar-refractivity contribution >= 4 is 10.0 Å². The first-order valence-electron chi connectivity index (χ1n) is 4.50. The topological polar surface area (TPSA) is 81.4 Å². The third-order valence-electron chi connectivity index (χ3n) is 1.91. The smallest absolute Gasteiger partial charge is 0.230 e. The lowest BCUT2D eigenvalue weighted by atomic mass is 10.4. The fourth-order valence-electron chi connectivity index (χ4n) is 1.00. The van der Waals surface area contributed by atoms with Crippen LogP contribution in [0.2, 0.25) is 0 Å². The van der Waals surface area contributed by atoms with E-state index in [1.165, 1.54) is 11.2 Å². The van der Waals surface area contributed by atoms with E-state index in [2.05, 4.69) is 0 Å². The fraction of sp³-hybridized carbons (Fsp3) is 0.875. The molecule has 0 fully saturated rings.